The van der Waals surface area contributed by atoms with E-state index in [9.17, 15) is 9.59 Å². The molecule has 0 fully saturated rings. The van der Waals surface area contributed by atoms with Crippen LogP contribution in [0.4, 0.5) is 11.4 Å². The molecule has 0 aliphatic carbocycles. The van der Waals surface area contributed by atoms with Crippen molar-refractivity contribution in [2.45, 2.75) is 31.1 Å². The summed E-state index contributed by atoms with van der Waals surface area (Å²) < 4.78 is 0. The Morgan fingerprint density at radius 2 is 1.77 bits per heavy atom. The Kier molecular flexibility index (Phi) is 5.49. The number of para-hydroxylation sites is 2. The average molecular weight is 481 g/mol. The van der Waals surface area contributed by atoms with Crippen LogP contribution in [-0.2, 0) is 16.0 Å². The van der Waals surface area contributed by atoms with Crippen molar-refractivity contribution in [3.8, 4) is 0 Å². The fourth-order valence-corrected chi connectivity index (χ4v) is 5.94. The molecule has 0 spiro atoms. The number of carbonyl (C=O) groups is 2. The van der Waals surface area contributed by atoms with Gasteiger partial charge < -0.3 is 4.90 Å². The molecule has 2 amide bonds. The van der Waals surface area contributed by atoms with Crippen molar-refractivity contribution in [2.24, 2.45) is 9.98 Å². The third-order valence-corrected chi connectivity index (χ3v) is 7.94. The van der Waals surface area contributed by atoms with Crippen LogP contribution < -0.4 is 4.90 Å². The molecule has 0 bridgehead atoms. The number of nitrogens with zero attached hydrogens (tertiary/aromatic N) is 4. The number of aliphatic imine (C=N–C) groups is 2. The van der Waals surface area contributed by atoms with Gasteiger partial charge in [0.05, 0.1) is 10.9 Å². The van der Waals surface area contributed by atoms with Gasteiger partial charge in [0.15, 0.2) is 11.2 Å². The fraction of sp³-hybridized carbons (Fsp3) is 0.214. The van der Waals surface area contributed by atoms with Gasteiger partial charge in [0.2, 0.25) is 5.91 Å². The Morgan fingerprint density at radius 3 is 2.60 bits per heavy atom. The van der Waals surface area contributed by atoms with E-state index in [4.69, 9.17) is 9.98 Å². The van der Waals surface area contributed by atoms with E-state index < -0.39 is 6.04 Å². The van der Waals surface area contributed by atoms with Gasteiger partial charge in [0, 0.05) is 17.8 Å². The smallest absolute Gasteiger partial charge is 0.263 e. The number of benzene rings is 3. The Morgan fingerprint density at radius 1 is 1.03 bits per heavy atom. The first kappa shape index (κ1) is 21.8. The van der Waals surface area contributed by atoms with Gasteiger partial charge in [-0.25, -0.2) is 14.9 Å². The minimum atomic E-state index is -0.621. The van der Waals surface area contributed by atoms with Crippen LogP contribution in [0.15, 0.2) is 88.8 Å². The molecule has 3 aliphatic rings. The number of anilines is 1. The zero-order valence-electron chi connectivity index (χ0n) is 19.3. The molecule has 0 aromatic heterocycles. The molecular weight excluding hydrogens is 456 g/mol. The quantitative estimate of drug-likeness (QED) is 0.521. The predicted octanol–water partition coefficient (Wildman–Crippen LogP) is 5.12. The first-order chi connectivity index (χ1) is 17.2. The summed E-state index contributed by atoms with van der Waals surface area (Å²) in [6.45, 7) is 2.68. The normalized spacial score (nSPS) is 19.0. The second-order valence-corrected chi connectivity index (χ2v) is 9.90. The Labute approximate surface area is 208 Å². The first-order valence-corrected chi connectivity index (χ1v) is 12.7. The minimum absolute atomic E-state index is 0.0498. The molecule has 0 N–H and O–H groups in total. The van der Waals surface area contributed by atoms with Gasteiger partial charge in [0.1, 0.15) is 5.84 Å². The maximum Gasteiger partial charge on any atom is 0.263 e. The molecule has 7 heteroatoms. The Hall–Kier alpha value is -3.71. The lowest BCUT2D eigenvalue weighted by Gasteiger charge is -2.29. The molecule has 174 valence electrons. The standard InChI is InChI=1S/C28H24N4O2S/c1-2-23(26(33)31-17-16-18-10-6-9-15-22(18)31)35-28-29-21-14-8-7-13-20(21)25-30-24(27(34)32(25)28)19-11-4-3-5-12-19/h3-15,23-24H,2,16-17H2,1H3/t23-,24+/m0/s1. The number of carbonyl (C=O) groups excluding carboxylic acids is 2. The molecule has 3 aromatic rings. The van der Waals surface area contributed by atoms with Crippen LogP contribution in [0.25, 0.3) is 0 Å². The fourth-order valence-electron chi connectivity index (χ4n) is 4.86. The molecule has 3 aromatic carbocycles. The molecule has 0 unspecified atom stereocenters. The highest BCUT2D eigenvalue weighted by molar-refractivity contribution is 8.15. The highest BCUT2D eigenvalue weighted by Gasteiger charge is 2.43. The molecule has 6 nitrogen and oxygen atoms in total. The van der Waals surface area contributed by atoms with Crippen molar-refractivity contribution >= 4 is 46.0 Å². The van der Waals surface area contributed by atoms with Crippen LogP contribution in [0.1, 0.15) is 36.1 Å². The number of thioether (sulfide) groups is 1. The van der Waals surface area contributed by atoms with Gasteiger partial charge in [-0.2, -0.15) is 0 Å². The van der Waals surface area contributed by atoms with E-state index >= 15 is 0 Å². The zero-order valence-corrected chi connectivity index (χ0v) is 20.1. The highest BCUT2D eigenvalue weighted by atomic mass is 32.2. The summed E-state index contributed by atoms with van der Waals surface area (Å²) in [5.74, 6) is 0.514. The third kappa shape index (κ3) is 3.67. The van der Waals surface area contributed by atoms with Crippen LogP contribution in [0, 0.1) is 0 Å². The van der Waals surface area contributed by atoms with Crippen molar-refractivity contribution in [2.75, 3.05) is 11.4 Å². The molecular formula is C28H24N4O2S. The summed E-state index contributed by atoms with van der Waals surface area (Å²) in [7, 11) is 0. The number of amides is 2. The molecule has 3 aliphatic heterocycles. The lowest BCUT2D eigenvalue weighted by molar-refractivity contribution is -0.124. The van der Waals surface area contributed by atoms with Crippen molar-refractivity contribution in [1.29, 1.82) is 0 Å². The van der Waals surface area contributed by atoms with Gasteiger partial charge in [-0.3, -0.25) is 9.59 Å². The second-order valence-electron chi connectivity index (χ2n) is 8.73. The summed E-state index contributed by atoms with van der Waals surface area (Å²) in [5.41, 5.74) is 4.62. The Balaban J connectivity index is 1.34. The molecule has 35 heavy (non-hydrogen) atoms. The number of hydrogen-bond donors (Lipinski definition) is 0. The van der Waals surface area contributed by atoms with Gasteiger partial charge >= 0.3 is 0 Å². The molecule has 0 saturated carbocycles. The molecule has 3 heterocycles. The summed E-state index contributed by atoms with van der Waals surface area (Å²) in [5, 5.41) is 0.147. The van der Waals surface area contributed by atoms with E-state index in [-0.39, 0.29) is 17.1 Å². The average Bonchev–Trinajstić information content (AvgIpc) is 3.49. The topological polar surface area (TPSA) is 65.3 Å². The van der Waals surface area contributed by atoms with Crippen LogP contribution in [0.5, 0.6) is 0 Å². The second kappa shape index (κ2) is 8.82. The predicted molar refractivity (Wildman–Crippen MR) is 140 cm³/mol. The molecule has 6 rings (SSSR count). The van der Waals surface area contributed by atoms with E-state index in [1.807, 2.05) is 84.6 Å². The van der Waals surface area contributed by atoms with E-state index in [0.717, 1.165) is 28.9 Å². The maximum atomic E-state index is 13.6. The Bertz CT molecular complexity index is 1380. The first-order valence-electron chi connectivity index (χ1n) is 11.9. The highest BCUT2D eigenvalue weighted by Crippen LogP contribution is 2.39. The number of hydrogen-bond acceptors (Lipinski definition) is 5. The van der Waals surface area contributed by atoms with Crippen molar-refractivity contribution < 1.29 is 9.59 Å². The van der Waals surface area contributed by atoms with Gasteiger partial charge in [-0.1, -0.05) is 79.3 Å². The molecule has 0 saturated heterocycles. The molecule has 0 radical (unpaired) electrons. The monoisotopic (exact) mass is 480 g/mol. The van der Waals surface area contributed by atoms with Crippen molar-refractivity contribution in [1.82, 2.24) is 4.90 Å². The van der Waals surface area contributed by atoms with E-state index in [2.05, 4.69) is 6.07 Å². The van der Waals surface area contributed by atoms with Gasteiger partial charge in [-0.15, -0.1) is 0 Å². The zero-order chi connectivity index (χ0) is 23.9. The largest absolute Gasteiger partial charge is 0.311 e. The summed E-state index contributed by atoms with van der Waals surface area (Å²) in [6, 6.07) is 24.8. The van der Waals surface area contributed by atoms with Crippen LogP contribution in [-0.4, -0.2) is 39.5 Å². The van der Waals surface area contributed by atoms with Gasteiger partial charge in [0.25, 0.3) is 5.91 Å². The number of fused-ring (bicyclic) bond motifs is 4. The van der Waals surface area contributed by atoms with Crippen LogP contribution in [0.2, 0.25) is 0 Å². The number of rotatable bonds is 4. The van der Waals surface area contributed by atoms with E-state index in [1.165, 1.54) is 17.3 Å². The lowest BCUT2D eigenvalue weighted by atomic mass is 10.1. The van der Waals surface area contributed by atoms with Crippen LogP contribution >= 0.6 is 11.8 Å². The third-order valence-electron chi connectivity index (χ3n) is 6.63. The lowest BCUT2D eigenvalue weighted by Crippen LogP contribution is -2.43. The van der Waals surface area contributed by atoms with Crippen molar-refractivity contribution in [3.05, 3.63) is 95.6 Å². The minimum Gasteiger partial charge on any atom is -0.311 e. The summed E-state index contributed by atoms with van der Waals surface area (Å²) in [6.07, 6.45) is 1.48. The summed E-state index contributed by atoms with van der Waals surface area (Å²) >= 11 is 1.36. The van der Waals surface area contributed by atoms with E-state index in [0.29, 0.717) is 24.0 Å². The summed E-state index contributed by atoms with van der Waals surface area (Å²) in [4.78, 5) is 40.4. The number of amidine groups is 2. The van der Waals surface area contributed by atoms with Gasteiger partial charge in [-0.05, 0) is 42.2 Å². The molecule has 2 atom stereocenters. The SMILES string of the molecule is CC[C@H](SC1=Nc2ccccc2C2=N[C@H](c3ccccc3)C(=O)N12)C(=O)N1CCc2ccccc21. The maximum absolute atomic E-state index is 13.6. The van der Waals surface area contributed by atoms with E-state index in [1.54, 1.807) is 4.90 Å². The van der Waals surface area contributed by atoms with Crippen molar-refractivity contribution in [3.63, 3.8) is 0 Å². The van der Waals surface area contributed by atoms with Crippen LogP contribution in [0.3, 0.4) is 0 Å².